The van der Waals surface area contributed by atoms with Crippen LogP contribution in [0.1, 0.15) is 0 Å². The zero-order valence-electron chi connectivity index (χ0n) is 11.9. The van der Waals surface area contributed by atoms with Crippen LogP contribution in [0.3, 0.4) is 0 Å². The van der Waals surface area contributed by atoms with Gasteiger partial charge in [0.15, 0.2) is 0 Å². The summed E-state index contributed by atoms with van der Waals surface area (Å²) in [6, 6.07) is 0. The normalized spacial score (nSPS) is 21.0. The van der Waals surface area contributed by atoms with Gasteiger partial charge in [-0.05, 0) is 0 Å². The summed E-state index contributed by atoms with van der Waals surface area (Å²) in [4.78, 5) is 0. The van der Waals surface area contributed by atoms with Gasteiger partial charge in [0.05, 0.1) is 0 Å². The third-order valence-corrected chi connectivity index (χ3v) is 20.7. The lowest BCUT2D eigenvalue weighted by Gasteiger charge is -2.25. The lowest BCUT2D eigenvalue weighted by molar-refractivity contribution is 0.296. The maximum Gasteiger partial charge on any atom is 0.612 e. The quantitative estimate of drug-likeness (QED) is 0.604. The van der Waals surface area contributed by atoms with E-state index >= 15 is 0 Å². The first-order valence-electron chi connectivity index (χ1n) is 6.29. The van der Waals surface area contributed by atoms with Gasteiger partial charge in [-0.15, -0.1) is 0 Å². The molecule has 12 heteroatoms. The Hall–Kier alpha value is 2.95. The Morgan fingerprint density at radius 1 is 0.333 bits per heavy atom. The molecule has 0 amide bonds. The molecule has 0 aromatic rings. The second-order valence-corrected chi connectivity index (χ2v) is 17.6. The predicted molar refractivity (Wildman–Crippen MR) is 76.2 cm³/mol. The van der Waals surface area contributed by atoms with Crippen LogP contribution < -0.4 is 0 Å². The van der Waals surface area contributed by atoms with Gasteiger partial charge in [0, 0.05) is 0 Å². The highest BCUT2D eigenvalue weighted by Crippen LogP contribution is 2.06. The maximum absolute atomic E-state index is 5.87. The molecule has 0 N–H and O–H groups in total. The molecule has 0 bridgehead atoms. The Bertz CT molecular complexity index is 175. The largest absolute Gasteiger partial charge is 0.612 e. The Kier molecular flexibility index (Phi) is 10.4. The molecule has 0 aromatic carbocycles. The summed E-state index contributed by atoms with van der Waals surface area (Å²) >= 11 is -9.72. The highest BCUT2D eigenvalue weighted by atomic mass is 27.4. The van der Waals surface area contributed by atoms with Crippen molar-refractivity contribution in [3.8, 4) is 0 Å². The fourth-order valence-corrected chi connectivity index (χ4v) is 19.8. The number of hydrogen-bond donors (Lipinski definition) is 0. The van der Waals surface area contributed by atoms with Crippen molar-refractivity contribution in [3.63, 3.8) is 0 Å². The van der Waals surface area contributed by atoms with E-state index in [0.717, 1.165) is 0 Å². The average molecular weight is 348 g/mol. The second kappa shape index (κ2) is 9.87. The summed E-state index contributed by atoms with van der Waals surface area (Å²) < 4.78 is 35.2. The molecule has 0 aromatic heterocycles. The number of rotatable bonds is 0. The molecule has 0 aliphatic carbocycles. The highest BCUT2D eigenvalue weighted by molar-refractivity contribution is 6.72. The Morgan fingerprint density at radius 3 is 0.556 bits per heavy atom. The average Bonchev–Trinajstić information content (AvgIpc) is 2.12. The first kappa shape index (κ1) is 19.0. The summed E-state index contributed by atoms with van der Waals surface area (Å²) in [5, 5.41) is 0. The van der Waals surface area contributed by atoms with Gasteiger partial charge in [-0.2, -0.15) is 0 Å². The summed E-state index contributed by atoms with van der Waals surface area (Å²) in [5.74, 6) is 12.2. The van der Waals surface area contributed by atoms with Gasteiger partial charge in [0.1, 0.15) is 0 Å². The van der Waals surface area contributed by atoms with E-state index in [-0.39, 0.29) is 0 Å². The Balaban J connectivity index is 2.60. The van der Waals surface area contributed by atoms with E-state index in [9.17, 15) is 0 Å². The molecular formula is C6H18Al6O6. The van der Waals surface area contributed by atoms with Crippen LogP contribution in [0.15, 0.2) is 0 Å². The van der Waals surface area contributed by atoms with Gasteiger partial charge in [0.25, 0.3) is 0 Å². The monoisotopic (exact) mass is 348 g/mol. The van der Waals surface area contributed by atoms with Gasteiger partial charge in [0.2, 0.25) is 0 Å². The topological polar surface area (TPSA) is 55.4 Å². The van der Waals surface area contributed by atoms with Crippen molar-refractivity contribution in [3.05, 3.63) is 0 Å². The third kappa shape index (κ3) is 8.41. The van der Waals surface area contributed by atoms with Crippen molar-refractivity contribution in [1.82, 2.24) is 0 Å². The molecule has 0 radical (unpaired) electrons. The molecule has 0 spiro atoms. The van der Waals surface area contributed by atoms with E-state index in [1.54, 1.807) is 0 Å². The highest BCUT2D eigenvalue weighted by Gasteiger charge is 2.39. The van der Waals surface area contributed by atoms with Crippen LogP contribution in [0.25, 0.3) is 0 Å². The minimum Gasteiger partial charge on any atom is -0.594 e. The van der Waals surface area contributed by atoms with Crippen molar-refractivity contribution < 1.29 is 17.0 Å². The zero-order chi connectivity index (χ0) is 13.7. The minimum atomic E-state index is -1.62. The van der Waals surface area contributed by atoms with E-state index in [1.165, 1.54) is 0 Å². The van der Waals surface area contributed by atoms with Crippen molar-refractivity contribution in [2.24, 2.45) is 0 Å². The van der Waals surface area contributed by atoms with E-state index < -0.39 is 88.9 Å². The second-order valence-electron chi connectivity index (χ2n) is 4.22. The van der Waals surface area contributed by atoms with E-state index in [4.69, 9.17) is 17.0 Å². The Morgan fingerprint density at radius 2 is 0.444 bits per heavy atom. The van der Waals surface area contributed by atoms with Crippen molar-refractivity contribution in [2.75, 3.05) is 0 Å². The molecule has 96 valence electrons. The van der Waals surface area contributed by atoms with Crippen LogP contribution in [0.2, 0.25) is 34.7 Å². The van der Waals surface area contributed by atoms with Crippen LogP contribution in [-0.2, 0) is 17.0 Å². The molecule has 0 saturated carbocycles. The number of hydrogen-bond acceptors (Lipinski definition) is 6. The van der Waals surface area contributed by atoms with Gasteiger partial charge in [-0.1, -0.05) is 34.7 Å². The molecule has 18 heavy (non-hydrogen) atoms. The van der Waals surface area contributed by atoms with Gasteiger partial charge in [-0.25, -0.2) is 0 Å². The Labute approximate surface area is 139 Å². The van der Waals surface area contributed by atoms with Crippen molar-refractivity contribution in [1.29, 1.82) is 0 Å². The van der Waals surface area contributed by atoms with Crippen molar-refractivity contribution >= 4 is 88.9 Å². The first-order valence-corrected chi connectivity index (χ1v) is 18.9. The van der Waals surface area contributed by atoms with Crippen LogP contribution in [0, 0.1) is 0 Å². The van der Waals surface area contributed by atoms with E-state index in [0.29, 0.717) is 0 Å². The smallest absolute Gasteiger partial charge is 0.594 e. The lowest BCUT2D eigenvalue weighted by atomic mass is 11.9. The summed E-state index contributed by atoms with van der Waals surface area (Å²) in [7, 11) is 0. The molecule has 1 aliphatic heterocycles. The van der Waals surface area contributed by atoms with Gasteiger partial charge >= 0.3 is 88.9 Å². The SMILES string of the molecule is [CH3][Al]1[O][Al]([CH3])[O][Al]([CH3])[O][Al]([CH3])[O][Al]([CH3])[O][Al]([CH3])[O]1. The molecule has 6 nitrogen and oxygen atoms in total. The minimum absolute atomic E-state index is 1.62. The fourth-order valence-electron chi connectivity index (χ4n) is 1.81. The molecule has 1 fully saturated rings. The molecule has 1 rings (SSSR count). The molecule has 0 atom stereocenters. The molecular weight excluding hydrogens is 330 g/mol. The van der Waals surface area contributed by atoms with Crippen LogP contribution in [-0.4, -0.2) is 88.9 Å². The van der Waals surface area contributed by atoms with E-state index in [1.807, 2.05) is 34.7 Å². The molecule has 0 unspecified atom stereocenters. The van der Waals surface area contributed by atoms with Gasteiger partial charge < -0.3 is 17.0 Å². The first-order chi connectivity index (χ1) is 8.36. The maximum atomic E-state index is 5.87. The molecule has 1 saturated heterocycles. The fraction of sp³-hybridized carbons (Fsp3) is 1.00. The van der Waals surface area contributed by atoms with Crippen LogP contribution >= 0.6 is 0 Å². The zero-order valence-corrected chi connectivity index (χ0v) is 18.8. The summed E-state index contributed by atoms with van der Waals surface area (Å²) in [5.41, 5.74) is 0. The van der Waals surface area contributed by atoms with Crippen molar-refractivity contribution in [2.45, 2.75) is 34.7 Å². The van der Waals surface area contributed by atoms with Crippen LogP contribution in [0.5, 0.6) is 0 Å². The molecule has 1 aliphatic rings. The predicted octanol–water partition coefficient (Wildman–Crippen LogP) is 0.808. The van der Waals surface area contributed by atoms with Crippen LogP contribution in [0.4, 0.5) is 0 Å². The third-order valence-electron chi connectivity index (χ3n) is 2.30. The van der Waals surface area contributed by atoms with E-state index in [2.05, 4.69) is 0 Å². The van der Waals surface area contributed by atoms with Gasteiger partial charge in [-0.3, -0.25) is 0 Å². The summed E-state index contributed by atoms with van der Waals surface area (Å²) in [6.07, 6.45) is 0. The standard InChI is InChI=1S/6CH3.6Al.6O/h6*1H3;;;;;;;;;;;;. The summed E-state index contributed by atoms with van der Waals surface area (Å²) in [6.45, 7) is 0. The molecule has 1 heterocycles. The lowest BCUT2D eigenvalue weighted by Crippen LogP contribution is -2.44.